The van der Waals surface area contributed by atoms with Crippen molar-refractivity contribution < 1.29 is 4.79 Å². The van der Waals surface area contributed by atoms with Crippen molar-refractivity contribution in [3.8, 4) is 0 Å². The van der Waals surface area contributed by atoms with Crippen molar-refractivity contribution in [2.75, 3.05) is 17.7 Å². The second-order valence-electron chi connectivity index (χ2n) is 7.36. The number of aromatic nitrogens is 3. The van der Waals surface area contributed by atoms with E-state index in [1.165, 1.54) is 49.8 Å². The van der Waals surface area contributed by atoms with Crippen LogP contribution in [0.3, 0.4) is 0 Å². The normalized spacial score (nSPS) is 13.1. The number of amides is 1. The van der Waals surface area contributed by atoms with Gasteiger partial charge in [-0.15, -0.1) is 0 Å². The van der Waals surface area contributed by atoms with Crippen molar-refractivity contribution in [1.29, 1.82) is 0 Å². The Kier molecular flexibility index (Phi) is 6.18. The van der Waals surface area contributed by atoms with Gasteiger partial charge in [-0.25, -0.2) is 4.98 Å². The molecule has 0 atom stereocenters. The van der Waals surface area contributed by atoms with Gasteiger partial charge in [-0.2, -0.15) is 4.98 Å². The van der Waals surface area contributed by atoms with Gasteiger partial charge in [-0.05, 0) is 55.0 Å². The average molecular weight is 439 g/mol. The number of fused-ring (bicyclic) bond motifs is 1. The van der Waals surface area contributed by atoms with Gasteiger partial charge in [0.05, 0.1) is 11.9 Å². The van der Waals surface area contributed by atoms with Crippen molar-refractivity contribution >= 4 is 40.6 Å². The van der Waals surface area contributed by atoms with Gasteiger partial charge in [0.25, 0.3) is 11.5 Å². The summed E-state index contributed by atoms with van der Waals surface area (Å²) in [6.07, 6.45) is 8.79. The summed E-state index contributed by atoms with van der Waals surface area (Å²) in [7, 11) is 1.46. The third-order valence-corrected chi connectivity index (χ3v) is 5.54. The average Bonchev–Trinajstić information content (AvgIpc) is 3.01. The molecule has 9 heteroatoms. The molecule has 0 bridgehead atoms. The number of carbonyl (C=O) groups excluding carboxylic acids is 1. The highest BCUT2D eigenvalue weighted by atomic mass is 35.5. The predicted octanol–water partition coefficient (Wildman–Crippen LogP) is 3.93. The molecular weight excluding hydrogens is 416 g/mol. The van der Waals surface area contributed by atoms with E-state index < -0.39 is 11.5 Å². The van der Waals surface area contributed by atoms with Crippen LogP contribution in [-0.2, 0) is 12.8 Å². The van der Waals surface area contributed by atoms with Gasteiger partial charge in [-0.1, -0.05) is 24.1 Å². The number of aryl methyl sites for hydroxylation is 2. The molecule has 31 heavy (non-hydrogen) atoms. The fraction of sp³-hybridized carbons (Fsp3) is 0.273. The topological polar surface area (TPSA) is 112 Å². The molecule has 4 N–H and O–H groups in total. The minimum atomic E-state index is -0.516. The molecule has 8 nitrogen and oxygen atoms in total. The summed E-state index contributed by atoms with van der Waals surface area (Å²) in [5.74, 6) is 0.120. The number of H-pyrrole nitrogens is 1. The van der Waals surface area contributed by atoms with E-state index in [-0.39, 0.29) is 16.4 Å². The van der Waals surface area contributed by atoms with Crippen molar-refractivity contribution in [3.05, 3.63) is 68.7 Å². The lowest BCUT2D eigenvalue weighted by Crippen LogP contribution is -2.27. The molecule has 4 rings (SSSR count). The molecule has 1 aliphatic carbocycles. The minimum absolute atomic E-state index is 0.0556. The van der Waals surface area contributed by atoms with Gasteiger partial charge >= 0.3 is 0 Å². The fourth-order valence-corrected chi connectivity index (χ4v) is 3.83. The van der Waals surface area contributed by atoms with Crippen LogP contribution < -0.4 is 21.5 Å². The van der Waals surface area contributed by atoms with Crippen molar-refractivity contribution in [3.63, 3.8) is 0 Å². The number of aromatic amines is 1. The van der Waals surface area contributed by atoms with E-state index in [9.17, 15) is 9.59 Å². The lowest BCUT2D eigenvalue weighted by Gasteiger charge is -2.13. The summed E-state index contributed by atoms with van der Waals surface area (Å²) >= 11 is 6.27. The fourth-order valence-electron chi connectivity index (χ4n) is 3.69. The number of halogens is 1. The van der Waals surface area contributed by atoms with E-state index in [1.807, 2.05) is 6.07 Å². The Bertz CT molecular complexity index is 1180. The van der Waals surface area contributed by atoms with Crippen LogP contribution in [0.1, 0.15) is 40.7 Å². The first-order valence-corrected chi connectivity index (χ1v) is 10.5. The molecule has 0 aliphatic heterocycles. The number of anilines is 4. The third-order valence-electron chi connectivity index (χ3n) is 5.27. The van der Waals surface area contributed by atoms with Crippen LogP contribution in [0.2, 0.25) is 5.02 Å². The quantitative estimate of drug-likeness (QED) is 0.449. The van der Waals surface area contributed by atoms with Crippen LogP contribution in [0.15, 0.2) is 41.5 Å². The Hall–Kier alpha value is -3.39. The zero-order chi connectivity index (χ0) is 21.8. The molecule has 0 fully saturated rings. The Labute approximate surface area is 184 Å². The maximum atomic E-state index is 12.1. The first-order valence-electron chi connectivity index (χ1n) is 10.2. The van der Waals surface area contributed by atoms with E-state index in [4.69, 9.17) is 11.6 Å². The summed E-state index contributed by atoms with van der Waals surface area (Å²) in [6, 6.07) is 7.90. The molecule has 3 aromatic rings. The van der Waals surface area contributed by atoms with E-state index >= 15 is 0 Å². The number of hydrogen-bond acceptors (Lipinski definition) is 6. The van der Waals surface area contributed by atoms with Gasteiger partial charge < -0.3 is 20.9 Å². The maximum absolute atomic E-state index is 12.1. The summed E-state index contributed by atoms with van der Waals surface area (Å²) in [5, 5.41) is 8.92. The number of hydrogen-bond donors (Lipinski definition) is 4. The zero-order valence-corrected chi connectivity index (χ0v) is 17.8. The number of nitrogens with one attached hydrogen (secondary N) is 4. The summed E-state index contributed by atoms with van der Waals surface area (Å²) in [5.41, 5.74) is 3.38. The molecule has 2 aromatic heterocycles. The van der Waals surface area contributed by atoms with Crippen LogP contribution in [0.4, 0.5) is 23.1 Å². The first-order chi connectivity index (χ1) is 15.0. The summed E-state index contributed by atoms with van der Waals surface area (Å²) in [4.78, 5) is 35.5. The molecule has 0 saturated carbocycles. The van der Waals surface area contributed by atoms with Gasteiger partial charge in [0, 0.05) is 18.9 Å². The van der Waals surface area contributed by atoms with Crippen LogP contribution in [0.25, 0.3) is 0 Å². The monoisotopic (exact) mass is 438 g/mol. The standard InChI is InChI=1S/C22H23ClN6O2/c1-24-20(30)18-17(9-10-25-21(18)31)28-19-16(23)12-26-22(29-19)27-15-8-7-13-5-3-2-4-6-14(13)11-15/h7-12H,2-6H2,1H3,(H,24,30)(H3,25,26,27,28,29,31). The van der Waals surface area contributed by atoms with Crippen molar-refractivity contribution in [1.82, 2.24) is 20.3 Å². The molecule has 1 aliphatic rings. The summed E-state index contributed by atoms with van der Waals surface area (Å²) in [6.45, 7) is 0. The SMILES string of the molecule is CNC(=O)c1c(Nc2nc(Nc3ccc4c(c3)CCCCC4)ncc2Cl)cc[nH]c1=O. The number of nitrogens with zero attached hydrogens (tertiary/aromatic N) is 2. The van der Waals surface area contributed by atoms with Gasteiger partial charge in [0.15, 0.2) is 5.82 Å². The number of pyridine rings is 1. The van der Waals surface area contributed by atoms with Crippen LogP contribution in [0, 0.1) is 0 Å². The van der Waals surface area contributed by atoms with Gasteiger partial charge in [-0.3, -0.25) is 9.59 Å². The Morgan fingerprint density at radius 2 is 1.90 bits per heavy atom. The number of carbonyl (C=O) groups is 1. The molecule has 0 unspecified atom stereocenters. The summed E-state index contributed by atoms with van der Waals surface area (Å²) < 4.78 is 0. The molecule has 0 spiro atoms. The van der Waals surface area contributed by atoms with Gasteiger partial charge in [0.1, 0.15) is 10.6 Å². The lowest BCUT2D eigenvalue weighted by atomic mass is 10.0. The molecule has 2 heterocycles. The van der Waals surface area contributed by atoms with E-state index in [0.717, 1.165) is 18.5 Å². The minimum Gasteiger partial charge on any atom is -0.355 e. The second-order valence-corrected chi connectivity index (χ2v) is 7.77. The van der Waals surface area contributed by atoms with Crippen LogP contribution in [-0.4, -0.2) is 27.9 Å². The first kappa shape index (κ1) is 20.9. The predicted molar refractivity (Wildman–Crippen MR) is 122 cm³/mol. The molecule has 0 saturated heterocycles. The van der Waals surface area contributed by atoms with E-state index in [1.54, 1.807) is 6.07 Å². The smallest absolute Gasteiger partial charge is 0.262 e. The van der Waals surface area contributed by atoms with Crippen LogP contribution in [0.5, 0.6) is 0 Å². The Balaban J connectivity index is 1.60. The highest BCUT2D eigenvalue weighted by Crippen LogP contribution is 2.28. The maximum Gasteiger partial charge on any atom is 0.262 e. The number of benzene rings is 1. The number of rotatable bonds is 5. The Morgan fingerprint density at radius 1 is 1.10 bits per heavy atom. The lowest BCUT2D eigenvalue weighted by molar-refractivity contribution is 0.0962. The largest absolute Gasteiger partial charge is 0.355 e. The van der Waals surface area contributed by atoms with E-state index in [0.29, 0.717) is 11.6 Å². The van der Waals surface area contributed by atoms with Crippen LogP contribution >= 0.6 is 11.6 Å². The highest BCUT2D eigenvalue weighted by molar-refractivity contribution is 6.33. The third kappa shape index (κ3) is 4.69. The van der Waals surface area contributed by atoms with Crippen molar-refractivity contribution in [2.24, 2.45) is 0 Å². The molecule has 1 aromatic carbocycles. The molecular formula is C22H23ClN6O2. The molecule has 1 amide bonds. The Morgan fingerprint density at radius 3 is 2.71 bits per heavy atom. The molecule has 0 radical (unpaired) electrons. The second kappa shape index (κ2) is 9.18. The van der Waals surface area contributed by atoms with Gasteiger partial charge in [0.2, 0.25) is 5.95 Å². The van der Waals surface area contributed by atoms with Crippen molar-refractivity contribution in [2.45, 2.75) is 32.1 Å². The molecule has 160 valence electrons. The highest BCUT2D eigenvalue weighted by Gasteiger charge is 2.17. The zero-order valence-electron chi connectivity index (χ0n) is 17.1. The van der Waals surface area contributed by atoms with E-state index in [2.05, 4.69) is 43.0 Å².